The van der Waals surface area contributed by atoms with Gasteiger partial charge in [0.05, 0.1) is 22.9 Å². The number of nitrogens with two attached hydrogens (primary N) is 1. The third-order valence-electron chi connectivity index (χ3n) is 2.81. The molecule has 0 aliphatic heterocycles. The number of hydrogen-bond donors (Lipinski definition) is 2. The summed E-state index contributed by atoms with van der Waals surface area (Å²) in [5, 5.41) is 7.39. The number of hydrogen-bond acceptors (Lipinski definition) is 4. The van der Waals surface area contributed by atoms with E-state index in [2.05, 4.69) is 31.3 Å². The Bertz CT molecular complexity index is 603. The molecule has 2 rings (SSSR count). The third-order valence-corrected chi connectivity index (χ3v) is 3.47. The van der Waals surface area contributed by atoms with E-state index in [-0.39, 0.29) is 5.69 Å². The number of primary amides is 1. The first-order valence-corrected chi connectivity index (χ1v) is 6.45. The van der Waals surface area contributed by atoms with Crippen LogP contribution in [0.25, 0.3) is 0 Å². The Morgan fingerprint density at radius 2 is 2.26 bits per heavy atom. The quantitative estimate of drug-likeness (QED) is 0.894. The van der Waals surface area contributed by atoms with Crippen molar-refractivity contribution in [2.45, 2.75) is 13.5 Å². The van der Waals surface area contributed by atoms with Gasteiger partial charge >= 0.3 is 0 Å². The molecule has 0 saturated heterocycles. The Kier molecular flexibility index (Phi) is 3.84. The zero-order valence-corrected chi connectivity index (χ0v) is 12.2. The summed E-state index contributed by atoms with van der Waals surface area (Å²) >= 11 is 3.44. The molecule has 2 aromatic heterocycles. The van der Waals surface area contributed by atoms with Crippen molar-refractivity contribution >= 4 is 27.5 Å². The van der Waals surface area contributed by atoms with Crippen LogP contribution in [0.4, 0.5) is 5.69 Å². The summed E-state index contributed by atoms with van der Waals surface area (Å²) in [4.78, 5) is 15.1. The lowest BCUT2D eigenvalue weighted by atomic mass is 10.2. The summed E-state index contributed by atoms with van der Waals surface area (Å²) in [6.07, 6.45) is 3.37. The van der Waals surface area contributed by atoms with Crippen molar-refractivity contribution < 1.29 is 4.79 Å². The average molecular weight is 324 g/mol. The van der Waals surface area contributed by atoms with Gasteiger partial charge < -0.3 is 11.1 Å². The molecule has 7 heteroatoms. The molecule has 2 heterocycles. The van der Waals surface area contributed by atoms with E-state index >= 15 is 0 Å². The highest BCUT2D eigenvalue weighted by Gasteiger charge is 2.09. The third kappa shape index (κ3) is 2.93. The van der Waals surface area contributed by atoms with E-state index in [1.807, 2.05) is 14.0 Å². The van der Waals surface area contributed by atoms with Crippen molar-refractivity contribution in [1.82, 2.24) is 14.8 Å². The largest absolute Gasteiger partial charge is 0.379 e. The van der Waals surface area contributed by atoms with Gasteiger partial charge in [0.25, 0.3) is 5.91 Å². The maximum atomic E-state index is 11.1. The van der Waals surface area contributed by atoms with Crippen LogP contribution in [0, 0.1) is 6.92 Å². The molecule has 3 N–H and O–H groups in total. The number of nitrogens with zero attached hydrogens (tertiary/aromatic N) is 3. The Morgan fingerprint density at radius 1 is 1.53 bits per heavy atom. The number of aryl methyl sites for hydroxylation is 2. The van der Waals surface area contributed by atoms with Gasteiger partial charge in [-0.05, 0) is 34.5 Å². The molecule has 0 saturated carbocycles. The molecule has 0 spiro atoms. The first kappa shape index (κ1) is 13.5. The smallest absolute Gasteiger partial charge is 0.267 e. The van der Waals surface area contributed by atoms with E-state index < -0.39 is 5.91 Å². The molecule has 0 aliphatic carbocycles. The van der Waals surface area contributed by atoms with Crippen LogP contribution in [-0.4, -0.2) is 20.7 Å². The predicted molar refractivity (Wildman–Crippen MR) is 75.7 cm³/mol. The Balaban J connectivity index is 2.20. The number of anilines is 1. The van der Waals surface area contributed by atoms with E-state index in [1.54, 1.807) is 23.1 Å². The second-order valence-corrected chi connectivity index (χ2v) is 5.02. The number of halogens is 1. The fraction of sp³-hybridized carbons (Fsp3) is 0.250. The molecule has 100 valence electrons. The first-order valence-electron chi connectivity index (χ1n) is 5.65. The van der Waals surface area contributed by atoms with Gasteiger partial charge in [-0.2, -0.15) is 5.10 Å². The van der Waals surface area contributed by atoms with Crippen LogP contribution in [0.2, 0.25) is 0 Å². The van der Waals surface area contributed by atoms with Crippen molar-refractivity contribution in [3.63, 3.8) is 0 Å². The highest BCUT2D eigenvalue weighted by Crippen LogP contribution is 2.19. The number of carbonyl (C=O) groups excluding carboxylic acids is 1. The lowest BCUT2D eigenvalue weighted by Gasteiger charge is -2.10. The lowest BCUT2D eigenvalue weighted by molar-refractivity contribution is 0.0995. The highest BCUT2D eigenvalue weighted by molar-refractivity contribution is 9.10. The number of rotatable bonds is 4. The molecule has 0 fully saturated rings. The molecule has 0 unspecified atom stereocenters. The Hall–Kier alpha value is -1.89. The van der Waals surface area contributed by atoms with Gasteiger partial charge in [0.2, 0.25) is 0 Å². The molecule has 1 amide bonds. The molecule has 6 nitrogen and oxygen atoms in total. The summed E-state index contributed by atoms with van der Waals surface area (Å²) in [7, 11) is 1.87. The zero-order valence-electron chi connectivity index (χ0n) is 10.6. The maximum absolute atomic E-state index is 11.1. The van der Waals surface area contributed by atoms with Gasteiger partial charge in [0.15, 0.2) is 0 Å². The zero-order chi connectivity index (χ0) is 14.0. The highest BCUT2D eigenvalue weighted by atomic mass is 79.9. The van der Waals surface area contributed by atoms with Crippen LogP contribution in [0.5, 0.6) is 0 Å². The van der Waals surface area contributed by atoms with Crippen LogP contribution in [0.3, 0.4) is 0 Å². The molecule has 0 radical (unpaired) electrons. The molecular formula is C12H14BrN5O. The minimum Gasteiger partial charge on any atom is -0.379 e. The fourth-order valence-corrected chi connectivity index (χ4v) is 2.15. The normalized spacial score (nSPS) is 10.5. The van der Waals surface area contributed by atoms with E-state index in [9.17, 15) is 4.79 Å². The fourth-order valence-electron chi connectivity index (χ4n) is 1.66. The number of amides is 1. The molecule has 0 aliphatic rings. The van der Waals surface area contributed by atoms with Gasteiger partial charge in [0, 0.05) is 18.9 Å². The summed E-state index contributed by atoms with van der Waals surface area (Å²) in [6, 6.07) is 1.65. The molecule has 0 bridgehead atoms. The van der Waals surface area contributed by atoms with Crippen molar-refractivity contribution in [3.8, 4) is 0 Å². The lowest BCUT2D eigenvalue weighted by Crippen LogP contribution is -2.14. The van der Waals surface area contributed by atoms with E-state index in [1.165, 1.54) is 0 Å². The van der Waals surface area contributed by atoms with Gasteiger partial charge in [0.1, 0.15) is 5.69 Å². The standard InChI is InChI=1S/C12H14BrN5O/c1-7-4-15-10(12(14)19)3-9(7)16-6-11-8(13)5-17-18(11)2/h3-5H,6H2,1-2H3,(H2,14,19)(H,15,16). The van der Waals surface area contributed by atoms with E-state index in [0.717, 1.165) is 21.4 Å². The monoisotopic (exact) mass is 323 g/mol. The number of nitrogens with one attached hydrogen (secondary N) is 1. The second kappa shape index (κ2) is 5.40. The van der Waals surface area contributed by atoms with Crippen LogP contribution in [-0.2, 0) is 13.6 Å². The van der Waals surface area contributed by atoms with E-state index in [4.69, 9.17) is 5.73 Å². The van der Waals surface area contributed by atoms with Crippen molar-refractivity contribution in [2.24, 2.45) is 12.8 Å². The Labute approximate surface area is 119 Å². The van der Waals surface area contributed by atoms with Gasteiger partial charge in [-0.15, -0.1) is 0 Å². The number of pyridine rings is 1. The molecular weight excluding hydrogens is 310 g/mol. The van der Waals surface area contributed by atoms with Crippen LogP contribution in [0.1, 0.15) is 21.7 Å². The number of aromatic nitrogens is 3. The second-order valence-electron chi connectivity index (χ2n) is 4.17. The van der Waals surface area contributed by atoms with Gasteiger partial charge in [-0.1, -0.05) is 0 Å². The summed E-state index contributed by atoms with van der Waals surface area (Å²) < 4.78 is 2.71. The van der Waals surface area contributed by atoms with Crippen molar-refractivity contribution in [3.05, 3.63) is 39.9 Å². The molecule has 0 atom stereocenters. The van der Waals surface area contributed by atoms with Crippen LogP contribution < -0.4 is 11.1 Å². The number of carbonyl (C=O) groups is 1. The van der Waals surface area contributed by atoms with Crippen LogP contribution in [0.15, 0.2) is 22.9 Å². The maximum Gasteiger partial charge on any atom is 0.267 e. The van der Waals surface area contributed by atoms with Gasteiger partial charge in [-0.25, -0.2) is 0 Å². The summed E-state index contributed by atoms with van der Waals surface area (Å²) in [5.74, 6) is -0.537. The average Bonchev–Trinajstić information content (AvgIpc) is 2.68. The van der Waals surface area contributed by atoms with Gasteiger partial charge in [-0.3, -0.25) is 14.5 Å². The minimum atomic E-state index is -0.537. The minimum absolute atomic E-state index is 0.247. The van der Waals surface area contributed by atoms with Crippen molar-refractivity contribution in [2.75, 3.05) is 5.32 Å². The van der Waals surface area contributed by atoms with Crippen LogP contribution >= 0.6 is 15.9 Å². The molecule has 2 aromatic rings. The topological polar surface area (TPSA) is 85.8 Å². The SMILES string of the molecule is Cc1cnc(C(N)=O)cc1NCc1c(Br)cnn1C. The summed E-state index contributed by atoms with van der Waals surface area (Å²) in [6.45, 7) is 2.50. The Morgan fingerprint density at radius 3 is 2.84 bits per heavy atom. The van der Waals surface area contributed by atoms with E-state index in [0.29, 0.717) is 6.54 Å². The molecule has 19 heavy (non-hydrogen) atoms. The first-order chi connectivity index (χ1) is 8.99. The van der Waals surface area contributed by atoms with Crippen molar-refractivity contribution in [1.29, 1.82) is 0 Å². The predicted octanol–water partition coefficient (Wildman–Crippen LogP) is 1.60. The summed E-state index contributed by atoms with van der Waals surface area (Å²) in [5.41, 5.74) is 8.26. The molecule has 0 aromatic carbocycles.